The molecule has 0 saturated carbocycles. The van der Waals surface area contributed by atoms with Crippen molar-refractivity contribution in [3.63, 3.8) is 0 Å². The van der Waals surface area contributed by atoms with Crippen molar-refractivity contribution in [2.45, 2.75) is 40.0 Å². The first kappa shape index (κ1) is 21.6. The van der Waals surface area contributed by atoms with E-state index in [1.807, 2.05) is 67.3 Å². The Morgan fingerprint density at radius 3 is 2.11 bits per heavy atom. The van der Waals surface area contributed by atoms with Gasteiger partial charge in [-0.2, -0.15) is 0 Å². The van der Waals surface area contributed by atoms with Crippen LogP contribution in [0.4, 0.5) is 11.4 Å². The second-order valence-electron chi connectivity index (χ2n) is 7.40. The Labute approximate surface area is 168 Å². The van der Waals surface area contributed by atoms with Gasteiger partial charge in [0.2, 0.25) is 11.8 Å². The second-order valence-corrected chi connectivity index (χ2v) is 7.40. The van der Waals surface area contributed by atoms with Gasteiger partial charge in [0.25, 0.3) is 0 Å². The van der Waals surface area contributed by atoms with Gasteiger partial charge in [0.1, 0.15) is 0 Å². The molecule has 2 amide bonds. The van der Waals surface area contributed by atoms with Crippen molar-refractivity contribution in [2.75, 3.05) is 30.3 Å². The number of anilines is 2. The van der Waals surface area contributed by atoms with E-state index in [0.29, 0.717) is 12.5 Å². The number of carbonyl (C=O) groups is 2. The van der Waals surface area contributed by atoms with Gasteiger partial charge >= 0.3 is 0 Å². The van der Waals surface area contributed by atoms with Crippen LogP contribution in [-0.4, -0.2) is 36.3 Å². The molecule has 2 rings (SSSR count). The Hall–Kier alpha value is -2.66. The van der Waals surface area contributed by atoms with Gasteiger partial charge < -0.3 is 10.6 Å². The molecule has 150 valence electrons. The number of benzene rings is 2. The highest BCUT2D eigenvalue weighted by molar-refractivity contribution is 5.95. The zero-order valence-electron chi connectivity index (χ0n) is 17.3. The molecule has 28 heavy (non-hydrogen) atoms. The van der Waals surface area contributed by atoms with Gasteiger partial charge in [-0.25, -0.2) is 0 Å². The molecule has 0 aliphatic rings. The maximum atomic E-state index is 12.4. The minimum Gasteiger partial charge on any atom is -0.325 e. The highest BCUT2D eigenvalue weighted by atomic mass is 16.2. The number of aryl methyl sites for hydroxylation is 1. The van der Waals surface area contributed by atoms with Crippen LogP contribution in [0.15, 0.2) is 48.5 Å². The second kappa shape index (κ2) is 10.6. The predicted molar refractivity (Wildman–Crippen MR) is 116 cm³/mol. The summed E-state index contributed by atoms with van der Waals surface area (Å²) < 4.78 is 0. The van der Waals surface area contributed by atoms with E-state index in [1.165, 1.54) is 5.56 Å². The maximum Gasteiger partial charge on any atom is 0.238 e. The minimum atomic E-state index is -0.116. The van der Waals surface area contributed by atoms with Crippen LogP contribution >= 0.6 is 0 Å². The summed E-state index contributed by atoms with van der Waals surface area (Å²) in [4.78, 5) is 26.7. The number of rotatable bonds is 9. The summed E-state index contributed by atoms with van der Waals surface area (Å²) in [6.07, 6.45) is 0.869. The van der Waals surface area contributed by atoms with E-state index in [4.69, 9.17) is 0 Å². The van der Waals surface area contributed by atoms with Crippen molar-refractivity contribution in [1.29, 1.82) is 0 Å². The van der Waals surface area contributed by atoms with E-state index >= 15 is 0 Å². The number of hydrogen-bond acceptors (Lipinski definition) is 3. The van der Waals surface area contributed by atoms with E-state index in [-0.39, 0.29) is 24.9 Å². The first-order chi connectivity index (χ1) is 13.4. The maximum absolute atomic E-state index is 12.4. The van der Waals surface area contributed by atoms with Gasteiger partial charge in [0.15, 0.2) is 0 Å². The molecular weight excluding hydrogens is 350 g/mol. The minimum absolute atomic E-state index is 0.114. The SMILES string of the molecule is CCCN(CC(=O)Nc1ccc(C(C)C)cc1)CC(=O)Nc1ccccc1C. The molecular formula is C23H31N3O2. The third-order valence-electron chi connectivity index (χ3n) is 4.55. The van der Waals surface area contributed by atoms with Gasteiger partial charge in [-0.05, 0) is 55.1 Å². The van der Waals surface area contributed by atoms with Crippen LogP contribution in [0.2, 0.25) is 0 Å². The van der Waals surface area contributed by atoms with Crippen molar-refractivity contribution in [2.24, 2.45) is 0 Å². The van der Waals surface area contributed by atoms with E-state index in [1.54, 1.807) is 0 Å². The van der Waals surface area contributed by atoms with Crippen LogP contribution in [0, 0.1) is 6.92 Å². The molecule has 0 heterocycles. The molecule has 0 saturated heterocycles. The third kappa shape index (κ3) is 6.82. The van der Waals surface area contributed by atoms with Crippen molar-refractivity contribution in [1.82, 2.24) is 4.90 Å². The van der Waals surface area contributed by atoms with Crippen LogP contribution < -0.4 is 10.6 Å². The van der Waals surface area contributed by atoms with Crippen molar-refractivity contribution >= 4 is 23.2 Å². The van der Waals surface area contributed by atoms with Gasteiger partial charge in [-0.1, -0.05) is 51.1 Å². The summed E-state index contributed by atoms with van der Waals surface area (Å²) in [6.45, 7) is 9.31. The summed E-state index contributed by atoms with van der Waals surface area (Å²) in [5.41, 5.74) is 3.83. The zero-order valence-corrected chi connectivity index (χ0v) is 17.3. The molecule has 0 spiro atoms. The molecule has 0 bridgehead atoms. The monoisotopic (exact) mass is 381 g/mol. The lowest BCUT2D eigenvalue weighted by Crippen LogP contribution is -2.39. The number of hydrogen-bond donors (Lipinski definition) is 2. The van der Waals surface area contributed by atoms with Crippen molar-refractivity contribution in [3.05, 3.63) is 59.7 Å². The predicted octanol–water partition coefficient (Wildman–Crippen LogP) is 4.41. The van der Waals surface area contributed by atoms with Gasteiger partial charge in [0.05, 0.1) is 13.1 Å². The smallest absolute Gasteiger partial charge is 0.238 e. The molecule has 2 aromatic rings. The van der Waals surface area contributed by atoms with Crippen molar-refractivity contribution < 1.29 is 9.59 Å². The summed E-state index contributed by atoms with van der Waals surface area (Å²) in [7, 11) is 0. The molecule has 0 atom stereocenters. The summed E-state index contributed by atoms with van der Waals surface area (Å²) >= 11 is 0. The Morgan fingerprint density at radius 2 is 1.54 bits per heavy atom. The topological polar surface area (TPSA) is 61.4 Å². The van der Waals surface area contributed by atoms with Gasteiger partial charge in [-0.3, -0.25) is 14.5 Å². The quantitative estimate of drug-likeness (QED) is 0.676. The van der Waals surface area contributed by atoms with Crippen LogP contribution in [-0.2, 0) is 9.59 Å². The summed E-state index contributed by atoms with van der Waals surface area (Å²) in [6, 6.07) is 15.6. The van der Waals surface area contributed by atoms with Crippen LogP contribution in [0.25, 0.3) is 0 Å². The standard InChI is InChI=1S/C23H31N3O2/c1-5-14-26(16-23(28)25-21-9-7-6-8-18(21)4)15-22(27)24-20-12-10-19(11-13-20)17(2)3/h6-13,17H,5,14-16H2,1-4H3,(H,24,27)(H,25,28). The lowest BCUT2D eigenvalue weighted by atomic mass is 10.0. The first-order valence-corrected chi connectivity index (χ1v) is 9.86. The van der Waals surface area contributed by atoms with Crippen molar-refractivity contribution in [3.8, 4) is 0 Å². The molecule has 5 nitrogen and oxygen atoms in total. The summed E-state index contributed by atoms with van der Waals surface area (Å²) in [5, 5.41) is 5.84. The molecule has 0 aromatic heterocycles. The first-order valence-electron chi connectivity index (χ1n) is 9.86. The molecule has 5 heteroatoms. The Bertz CT molecular complexity index is 785. The Balaban J connectivity index is 1.91. The Kier molecular flexibility index (Phi) is 8.20. The fraction of sp³-hybridized carbons (Fsp3) is 0.391. The largest absolute Gasteiger partial charge is 0.325 e. The average molecular weight is 382 g/mol. The number of nitrogens with one attached hydrogen (secondary N) is 2. The normalized spacial score (nSPS) is 10.9. The van der Waals surface area contributed by atoms with Crippen LogP contribution in [0.5, 0.6) is 0 Å². The molecule has 0 fully saturated rings. The number of nitrogens with zero attached hydrogens (tertiary/aromatic N) is 1. The Morgan fingerprint density at radius 1 is 0.929 bits per heavy atom. The van der Waals surface area contributed by atoms with Crippen LogP contribution in [0.3, 0.4) is 0 Å². The average Bonchev–Trinajstić information content (AvgIpc) is 2.64. The summed E-state index contributed by atoms with van der Waals surface area (Å²) in [5.74, 6) is 0.225. The fourth-order valence-electron chi connectivity index (χ4n) is 2.99. The highest BCUT2D eigenvalue weighted by Crippen LogP contribution is 2.17. The number of amides is 2. The van der Waals surface area contributed by atoms with E-state index in [9.17, 15) is 9.59 Å². The number of carbonyl (C=O) groups excluding carboxylic acids is 2. The van der Waals surface area contributed by atoms with E-state index < -0.39 is 0 Å². The zero-order chi connectivity index (χ0) is 20.5. The molecule has 2 aromatic carbocycles. The molecule has 0 aliphatic heterocycles. The lowest BCUT2D eigenvalue weighted by molar-refractivity contribution is -0.120. The highest BCUT2D eigenvalue weighted by Gasteiger charge is 2.15. The lowest BCUT2D eigenvalue weighted by Gasteiger charge is -2.21. The number of para-hydroxylation sites is 1. The third-order valence-corrected chi connectivity index (χ3v) is 4.55. The van der Waals surface area contributed by atoms with Gasteiger partial charge in [0, 0.05) is 11.4 Å². The van der Waals surface area contributed by atoms with E-state index in [2.05, 4.69) is 24.5 Å². The van der Waals surface area contributed by atoms with E-state index in [0.717, 1.165) is 23.4 Å². The molecule has 2 N–H and O–H groups in total. The van der Waals surface area contributed by atoms with Crippen LogP contribution in [0.1, 0.15) is 44.2 Å². The molecule has 0 aliphatic carbocycles. The fourth-order valence-corrected chi connectivity index (χ4v) is 2.99. The molecule has 0 radical (unpaired) electrons. The molecule has 0 unspecified atom stereocenters. The van der Waals surface area contributed by atoms with Gasteiger partial charge in [-0.15, -0.1) is 0 Å².